The average molecular weight is 208 g/mol. The number of hydrogen-bond donors (Lipinski definition) is 0. The van der Waals surface area contributed by atoms with Crippen LogP contribution in [0, 0.1) is 0 Å². The minimum absolute atomic E-state index is 0.0762. The Morgan fingerprint density at radius 1 is 1.43 bits per heavy atom. The smallest absolute Gasteiger partial charge is 0.268 e. The van der Waals surface area contributed by atoms with Crippen LogP contribution in [-0.4, -0.2) is 10.8 Å². The Bertz CT molecular complexity index is 451. The van der Waals surface area contributed by atoms with Crippen molar-refractivity contribution >= 4 is 17.4 Å². The van der Waals surface area contributed by atoms with E-state index in [-0.39, 0.29) is 11.7 Å². The number of halogens is 1. The molecule has 0 bridgehead atoms. The summed E-state index contributed by atoms with van der Waals surface area (Å²) < 4.78 is 4.89. The van der Waals surface area contributed by atoms with Crippen molar-refractivity contribution in [3.63, 3.8) is 0 Å². The maximum atomic E-state index is 11.6. The third-order valence-corrected chi connectivity index (χ3v) is 1.95. The molecule has 0 aliphatic rings. The molecule has 0 saturated carbocycles. The molecule has 0 unspecified atom stereocenters. The molecule has 0 radical (unpaired) electrons. The number of carbonyl (C=O) groups excluding carboxylic acids is 1. The highest BCUT2D eigenvalue weighted by Gasteiger charge is 2.13. The van der Waals surface area contributed by atoms with Crippen LogP contribution in [0.5, 0.6) is 0 Å². The van der Waals surface area contributed by atoms with Gasteiger partial charge >= 0.3 is 0 Å². The summed E-state index contributed by atoms with van der Waals surface area (Å²) in [6, 6.07) is 6.65. The summed E-state index contributed by atoms with van der Waals surface area (Å²) in [6.07, 6.45) is 2.79. The lowest BCUT2D eigenvalue weighted by molar-refractivity contribution is 0.100. The van der Waals surface area contributed by atoms with E-state index in [0.29, 0.717) is 10.6 Å². The monoisotopic (exact) mass is 207 g/mol. The number of hydrogen-bond acceptors (Lipinski definition) is 3. The van der Waals surface area contributed by atoms with E-state index in [9.17, 15) is 4.79 Å². The van der Waals surface area contributed by atoms with Crippen LogP contribution < -0.4 is 0 Å². The molecule has 0 fully saturated rings. The summed E-state index contributed by atoms with van der Waals surface area (Å²) in [4.78, 5) is 15.4. The first-order valence-corrected chi connectivity index (χ1v) is 4.35. The van der Waals surface area contributed by atoms with E-state index >= 15 is 0 Å². The predicted molar refractivity (Wildman–Crippen MR) is 51.4 cm³/mol. The molecule has 3 nitrogen and oxygen atoms in total. The Hall–Kier alpha value is -1.61. The molecule has 0 aliphatic heterocycles. The van der Waals surface area contributed by atoms with Gasteiger partial charge in [-0.05, 0) is 12.1 Å². The number of aromatic nitrogens is 1. The SMILES string of the molecule is O=C(c1cccc(Cl)c1)c1ncco1. The van der Waals surface area contributed by atoms with Crippen molar-refractivity contribution in [2.24, 2.45) is 0 Å². The second-order valence-corrected chi connectivity index (χ2v) is 3.11. The predicted octanol–water partition coefficient (Wildman–Crippen LogP) is 2.56. The van der Waals surface area contributed by atoms with Gasteiger partial charge in [-0.2, -0.15) is 0 Å². The van der Waals surface area contributed by atoms with Gasteiger partial charge in [-0.3, -0.25) is 4.79 Å². The van der Waals surface area contributed by atoms with E-state index in [1.54, 1.807) is 24.3 Å². The summed E-state index contributed by atoms with van der Waals surface area (Å²) in [5.41, 5.74) is 0.472. The van der Waals surface area contributed by atoms with E-state index in [1.165, 1.54) is 12.5 Å². The molecule has 1 heterocycles. The van der Waals surface area contributed by atoms with Crippen molar-refractivity contribution in [3.05, 3.63) is 53.2 Å². The van der Waals surface area contributed by atoms with Gasteiger partial charge in [-0.1, -0.05) is 23.7 Å². The molecule has 0 atom stereocenters. The van der Waals surface area contributed by atoms with Crippen LogP contribution in [0.2, 0.25) is 5.02 Å². The highest BCUT2D eigenvalue weighted by Crippen LogP contribution is 2.13. The van der Waals surface area contributed by atoms with Crippen LogP contribution in [0.4, 0.5) is 0 Å². The molecule has 0 spiro atoms. The molecule has 0 aliphatic carbocycles. The highest BCUT2D eigenvalue weighted by molar-refractivity contribution is 6.31. The van der Waals surface area contributed by atoms with Gasteiger partial charge in [0.15, 0.2) is 0 Å². The summed E-state index contributed by atoms with van der Waals surface area (Å²) in [7, 11) is 0. The molecular weight excluding hydrogens is 202 g/mol. The first kappa shape index (κ1) is 8.97. The third kappa shape index (κ3) is 1.67. The van der Waals surface area contributed by atoms with Gasteiger partial charge in [0, 0.05) is 10.6 Å². The van der Waals surface area contributed by atoms with Crippen molar-refractivity contribution in [2.45, 2.75) is 0 Å². The Morgan fingerprint density at radius 2 is 2.29 bits per heavy atom. The van der Waals surface area contributed by atoms with Gasteiger partial charge in [0.2, 0.25) is 5.78 Å². The Morgan fingerprint density at radius 3 is 2.93 bits per heavy atom. The lowest BCUT2D eigenvalue weighted by Gasteiger charge is -1.96. The minimum atomic E-state index is -0.266. The molecule has 1 aromatic carbocycles. The highest BCUT2D eigenvalue weighted by atomic mass is 35.5. The normalized spacial score (nSPS) is 10.1. The number of rotatable bonds is 2. The fourth-order valence-electron chi connectivity index (χ4n) is 1.09. The van der Waals surface area contributed by atoms with Gasteiger partial charge in [-0.15, -0.1) is 0 Å². The molecular formula is C10H6ClNO2. The van der Waals surface area contributed by atoms with Gasteiger partial charge in [0.1, 0.15) is 6.26 Å². The van der Waals surface area contributed by atoms with Gasteiger partial charge in [-0.25, -0.2) is 4.98 Å². The maximum Gasteiger partial charge on any atom is 0.268 e. The number of carbonyl (C=O) groups is 1. The van der Waals surface area contributed by atoms with Crippen molar-refractivity contribution in [1.82, 2.24) is 4.98 Å². The molecule has 0 saturated heterocycles. The summed E-state index contributed by atoms with van der Waals surface area (Å²) >= 11 is 5.75. The zero-order valence-electron chi connectivity index (χ0n) is 7.11. The van der Waals surface area contributed by atoms with E-state index < -0.39 is 0 Å². The fourth-order valence-corrected chi connectivity index (χ4v) is 1.28. The molecule has 1 aromatic heterocycles. The minimum Gasteiger partial charge on any atom is -0.442 e. The number of ketones is 1. The van der Waals surface area contributed by atoms with Gasteiger partial charge < -0.3 is 4.42 Å². The van der Waals surface area contributed by atoms with Gasteiger partial charge in [0.25, 0.3) is 5.89 Å². The Kier molecular flexibility index (Phi) is 2.33. The van der Waals surface area contributed by atoms with Crippen LogP contribution >= 0.6 is 11.6 Å². The first-order valence-electron chi connectivity index (χ1n) is 3.97. The largest absolute Gasteiger partial charge is 0.442 e. The van der Waals surface area contributed by atoms with E-state index in [2.05, 4.69) is 4.98 Å². The van der Waals surface area contributed by atoms with Crippen molar-refractivity contribution < 1.29 is 9.21 Å². The van der Waals surface area contributed by atoms with Crippen LogP contribution in [0.25, 0.3) is 0 Å². The van der Waals surface area contributed by atoms with Crippen LogP contribution in [0.3, 0.4) is 0 Å². The molecule has 2 aromatic rings. The fraction of sp³-hybridized carbons (Fsp3) is 0. The summed E-state index contributed by atoms with van der Waals surface area (Å²) in [5.74, 6) is -0.190. The molecule has 0 N–H and O–H groups in total. The van der Waals surface area contributed by atoms with E-state index in [4.69, 9.17) is 16.0 Å². The van der Waals surface area contributed by atoms with Crippen molar-refractivity contribution in [3.8, 4) is 0 Å². The Labute approximate surface area is 85.3 Å². The Balaban J connectivity index is 2.37. The molecule has 4 heteroatoms. The standard InChI is InChI=1S/C10H6ClNO2/c11-8-3-1-2-7(6-8)9(13)10-12-4-5-14-10/h1-6H. The summed E-state index contributed by atoms with van der Waals surface area (Å²) in [6.45, 7) is 0. The third-order valence-electron chi connectivity index (χ3n) is 1.71. The zero-order chi connectivity index (χ0) is 9.97. The van der Waals surface area contributed by atoms with Crippen LogP contribution in [-0.2, 0) is 0 Å². The average Bonchev–Trinajstić information content (AvgIpc) is 2.69. The van der Waals surface area contributed by atoms with E-state index in [0.717, 1.165) is 0 Å². The van der Waals surface area contributed by atoms with Crippen LogP contribution in [0.15, 0.2) is 41.1 Å². The second kappa shape index (κ2) is 3.64. The van der Waals surface area contributed by atoms with Crippen molar-refractivity contribution in [2.75, 3.05) is 0 Å². The second-order valence-electron chi connectivity index (χ2n) is 2.68. The maximum absolute atomic E-state index is 11.6. The number of nitrogens with zero attached hydrogens (tertiary/aromatic N) is 1. The van der Waals surface area contributed by atoms with E-state index in [1.807, 2.05) is 0 Å². The summed E-state index contributed by atoms with van der Waals surface area (Å²) in [5, 5.41) is 0.516. The van der Waals surface area contributed by atoms with Crippen LogP contribution in [0.1, 0.15) is 16.2 Å². The molecule has 2 rings (SSSR count). The van der Waals surface area contributed by atoms with Gasteiger partial charge in [0.05, 0.1) is 6.20 Å². The first-order chi connectivity index (χ1) is 6.77. The van der Waals surface area contributed by atoms with Crippen molar-refractivity contribution in [1.29, 1.82) is 0 Å². The lowest BCUT2D eigenvalue weighted by Crippen LogP contribution is -2.00. The topological polar surface area (TPSA) is 43.1 Å². The molecule has 70 valence electrons. The quantitative estimate of drug-likeness (QED) is 0.711. The zero-order valence-corrected chi connectivity index (χ0v) is 7.86. The molecule has 14 heavy (non-hydrogen) atoms. The molecule has 0 amide bonds. The number of benzene rings is 1. The lowest BCUT2D eigenvalue weighted by atomic mass is 10.1. The number of oxazole rings is 1.